The topological polar surface area (TPSA) is 76.1 Å². The van der Waals surface area contributed by atoms with Gasteiger partial charge in [0.25, 0.3) is 5.91 Å². The van der Waals surface area contributed by atoms with Crippen LogP contribution in [0.4, 0.5) is 15.9 Å². The highest BCUT2D eigenvalue weighted by atomic mass is 19.1. The van der Waals surface area contributed by atoms with Crippen LogP contribution in [0, 0.1) is 5.82 Å². The van der Waals surface area contributed by atoms with Gasteiger partial charge in [-0.15, -0.1) is 10.2 Å². The fraction of sp³-hybridized carbons (Fsp3) is 0.105. The Balaban J connectivity index is 1.57. The second-order valence-electron chi connectivity index (χ2n) is 5.47. The molecular formula is C19H17FN4O2. The largest absolute Gasteiger partial charge is 0.497 e. The van der Waals surface area contributed by atoms with Crippen LogP contribution in [0.3, 0.4) is 0 Å². The van der Waals surface area contributed by atoms with Crippen LogP contribution in [0.25, 0.3) is 0 Å². The number of methoxy groups -OCH3 is 1. The molecule has 1 aromatic heterocycles. The molecule has 0 radical (unpaired) electrons. The summed E-state index contributed by atoms with van der Waals surface area (Å²) in [5.41, 5.74) is 1.69. The fourth-order valence-electron chi connectivity index (χ4n) is 2.25. The molecule has 3 rings (SSSR count). The number of anilines is 2. The molecule has 0 aliphatic heterocycles. The normalized spacial score (nSPS) is 10.2. The smallest absolute Gasteiger partial charge is 0.272 e. The lowest BCUT2D eigenvalue weighted by molar-refractivity contribution is 0.0945. The second-order valence-corrected chi connectivity index (χ2v) is 5.47. The maximum atomic E-state index is 13.2. The van der Waals surface area contributed by atoms with Crippen molar-refractivity contribution in [1.82, 2.24) is 15.5 Å². The molecule has 0 aliphatic carbocycles. The fourth-order valence-corrected chi connectivity index (χ4v) is 2.25. The average molecular weight is 352 g/mol. The molecule has 0 saturated carbocycles. The van der Waals surface area contributed by atoms with Gasteiger partial charge >= 0.3 is 0 Å². The van der Waals surface area contributed by atoms with Crippen LogP contribution in [0.2, 0.25) is 0 Å². The molecule has 0 atom stereocenters. The van der Waals surface area contributed by atoms with E-state index in [0.29, 0.717) is 18.1 Å². The third-order valence-corrected chi connectivity index (χ3v) is 3.61. The summed E-state index contributed by atoms with van der Waals surface area (Å²) >= 11 is 0. The number of ether oxygens (including phenoxy) is 1. The van der Waals surface area contributed by atoms with Crippen molar-refractivity contribution in [3.05, 3.63) is 77.7 Å². The molecule has 7 heteroatoms. The number of halogens is 1. The molecule has 3 aromatic rings. The lowest BCUT2D eigenvalue weighted by atomic mass is 10.2. The summed E-state index contributed by atoms with van der Waals surface area (Å²) < 4.78 is 18.3. The number of hydrogen-bond acceptors (Lipinski definition) is 5. The summed E-state index contributed by atoms with van der Waals surface area (Å²) in [5, 5.41) is 13.5. The minimum atomic E-state index is -0.350. The number of amides is 1. The first-order chi connectivity index (χ1) is 12.6. The summed E-state index contributed by atoms with van der Waals surface area (Å²) in [4.78, 5) is 12.1. The van der Waals surface area contributed by atoms with Gasteiger partial charge in [0.1, 0.15) is 11.6 Å². The SMILES string of the molecule is COc1ccc(CNC(=O)c2ccc(Nc3cccc(F)c3)nn2)cc1. The predicted octanol–water partition coefficient (Wildman–Crippen LogP) is 3.30. The second kappa shape index (κ2) is 8.06. The van der Waals surface area contributed by atoms with Gasteiger partial charge in [-0.3, -0.25) is 4.79 Å². The van der Waals surface area contributed by atoms with E-state index < -0.39 is 0 Å². The molecule has 2 N–H and O–H groups in total. The summed E-state index contributed by atoms with van der Waals surface area (Å²) in [6, 6.07) is 16.6. The van der Waals surface area contributed by atoms with Crippen molar-refractivity contribution in [1.29, 1.82) is 0 Å². The summed E-state index contributed by atoms with van der Waals surface area (Å²) in [6.45, 7) is 0.369. The van der Waals surface area contributed by atoms with Crippen LogP contribution in [0.15, 0.2) is 60.7 Å². The maximum absolute atomic E-state index is 13.2. The number of nitrogens with zero attached hydrogens (tertiary/aromatic N) is 2. The molecule has 0 spiro atoms. The van der Waals surface area contributed by atoms with Crippen LogP contribution in [-0.4, -0.2) is 23.2 Å². The van der Waals surface area contributed by atoms with Crippen LogP contribution in [0.5, 0.6) is 5.75 Å². The van der Waals surface area contributed by atoms with E-state index in [0.717, 1.165) is 11.3 Å². The first-order valence-electron chi connectivity index (χ1n) is 7.91. The highest BCUT2D eigenvalue weighted by Gasteiger charge is 2.08. The van der Waals surface area contributed by atoms with Crippen molar-refractivity contribution >= 4 is 17.4 Å². The Morgan fingerprint density at radius 2 is 1.88 bits per heavy atom. The quantitative estimate of drug-likeness (QED) is 0.712. The molecule has 1 amide bonds. The number of aromatic nitrogens is 2. The summed E-state index contributed by atoms with van der Waals surface area (Å²) in [7, 11) is 1.60. The zero-order valence-corrected chi connectivity index (χ0v) is 14.1. The van der Waals surface area contributed by atoms with E-state index in [1.165, 1.54) is 12.1 Å². The van der Waals surface area contributed by atoms with Gasteiger partial charge in [0.05, 0.1) is 7.11 Å². The molecular weight excluding hydrogens is 335 g/mol. The number of hydrogen-bond donors (Lipinski definition) is 2. The summed E-state index contributed by atoms with van der Waals surface area (Å²) in [5.74, 6) is 0.498. The third kappa shape index (κ3) is 4.54. The van der Waals surface area contributed by atoms with Crippen LogP contribution in [-0.2, 0) is 6.54 Å². The monoisotopic (exact) mass is 352 g/mol. The van der Waals surface area contributed by atoms with Gasteiger partial charge in [-0.25, -0.2) is 4.39 Å². The van der Waals surface area contributed by atoms with Gasteiger partial charge in [-0.05, 0) is 48.0 Å². The maximum Gasteiger partial charge on any atom is 0.272 e. The third-order valence-electron chi connectivity index (χ3n) is 3.61. The van der Waals surface area contributed by atoms with Crippen molar-refractivity contribution < 1.29 is 13.9 Å². The van der Waals surface area contributed by atoms with Crippen molar-refractivity contribution in [3.8, 4) is 5.75 Å². The van der Waals surface area contributed by atoms with E-state index in [1.54, 1.807) is 31.4 Å². The zero-order valence-electron chi connectivity index (χ0n) is 14.1. The van der Waals surface area contributed by atoms with E-state index >= 15 is 0 Å². The minimum absolute atomic E-state index is 0.198. The Bertz CT molecular complexity index is 883. The van der Waals surface area contributed by atoms with E-state index in [1.807, 2.05) is 24.3 Å². The van der Waals surface area contributed by atoms with Gasteiger partial charge in [0, 0.05) is 12.2 Å². The Kier molecular flexibility index (Phi) is 5.38. The Morgan fingerprint density at radius 3 is 2.54 bits per heavy atom. The molecule has 0 aliphatic rings. The Hall–Kier alpha value is -3.48. The highest BCUT2D eigenvalue weighted by Crippen LogP contribution is 2.15. The first-order valence-corrected chi connectivity index (χ1v) is 7.91. The van der Waals surface area contributed by atoms with Gasteiger partial charge < -0.3 is 15.4 Å². The molecule has 0 fully saturated rings. The first kappa shape index (κ1) is 17.3. The molecule has 26 heavy (non-hydrogen) atoms. The van der Waals surface area contributed by atoms with E-state index in [9.17, 15) is 9.18 Å². The number of carbonyl (C=O) groups is 1. The minimum Gasteiger partial charge on any atom is -0.497 e. The molecule has 0 bridgehead atoms. The molecule has 0 unspecified atom stereocenters. The Morgan fingerprint density at radius 1 is 1.08 bits per heavy atom. The van der Waals surface area contributed by atoms with Gasteiger partial charge in [0.15, 0.2) is 11.5 Å². The van der Waals surface area contributed by atoms with Crippen LogP contribution >= 0.6 is 0 Å². The van der Waals surface area contributed by atoms with E-state index in [2.05, 4.69) is 20.8 Å². The van der Waals surface area contributed by atoms with Crippen molar-refractivity contribution in [2.75, 3.05) is 12.4 Å². The molecule has 2 aromatic carbocycles. The number of benzene rings is 2. The van der Waals surface area contributed by atoms with Crippen molar-refractivity contribution in [2.45, 2.75) is 6.54 Å². The average Bonchev–Trinajstić information content (AvgIpc) is 2.67. The number of carbonyl (C=O) groups excluding carboxylic acids is 1. The van der Waals surface area contributed by atoms with Gasteiger partial charge in [-0.1, -0.05) is 18.2 Å². The predicted molar refractivity (Wildman–Crippen MR) is 95.9 cm³/mol. The van der Waals surface area contributed by atoms with E-state index in [-0.39, 0.29) is 17.4 Å². The lowest BCUT2D eigenvalue weighted by Gasteiger charge is -2.07. The van der Waals surface area contributed by atoms with Crippen molar-refractivity contribution in [2.24, 2.45) is 0 Å². The standard InChI is InChI=1S/C19H17FN4O2/c1-26-16-7-5-13(6-8-16)12-21-19(25)17-9-10-18(24-23-17)22-15-4-2-3-14(20)11-15/h2-11H,12H2,1H3,(H,21,25)(H,22,24). The number of nitrogens with one attached hydrogen (secondary N) is 2. The Labute approximate surface area is 150 Å². The van der Waals surface area contributed by atoms with Crippen molar-refractivity contribution in [3.63, 3.8) is 0 Å². The van der Waals surface area contributed by atoms with Crippen LogP contribution < -0.4 is 15.4 Å². The molecule has 132 valence electrons. The molecule has 1 heterocycles. The zero-order chi connectivity index (χ0) is 18.4. The molecule has 0 saturated heterocycles. The van der Waals surface area contributed by atoms with E-state index in [4.69, 9.17) is 4.74 Å². The highest BCUT2D eigenvalue weighted by molar-refractivity contribution is 5.92. The number of rotatable bonds is 6. The lowest BCUT2D eigenvalue weighted by Crippen LogP contribution is -2.24. The van der Waals surface area contributed by atoms with Gasteiger partial charge in [0.2, 0.25) is 0 Å². The van der Waals surface area contributed by atoms with Crippen LogP contribution in [0.1, 0.15) is 16.1 Å². The summed E-state index contributed by atoms with van der Waals surface area (Å²) in [6.07, 6.45) is 0. The van der Waals surface area contributed by atoms with Gasteiger partial charge in [-0.2, -0.15) is 0 Å². The molecule has 6 nitrogen and oxygen atoms in total.